The third-order valence-corrected chi connectivity index (χ3v) is 11.6. The monoisotopic (exact) mass is 496 g/mol. The predicted octanol–water partition coefficient (Wildman–Crippen LogP) is 0.188. The van der Waals surface area contributed by atoms with Gasteiger partial charge >= 0.3 is 160 Å². The molecule has 0 atom stereocenters. The minimum atomic E-state index is -5.41. The standard InChI is InChI=1S/5C3H7O2.Sb/c5*1-5-3-2-4;/h5*2-3H2,1H3;/q5*-1;+5. The molecule has 0 spiro atoms. The fourth-order valence-corrected chi connectivity index (χ4v) is 9.17. The number of ether oxygens (including phenoxy) is 5. The average molecular weight is 497 g/mol. The van der Waals surface area contributed by atoms with Crippen molar-refractivity contribution < 1.29 is 38.8 Å². The third kappa shape index (κ3) is 10.7. The van der Waals surface area contributed by atoms with Crippen LogP contribution in [0.25, 0.3) is 0 Å². The maximum atomic E-state index is 6.01. The zero-order chi connectivity index (χ0) is 19.6. The zero-order valence-corrected chi connectivity index (χ0v) is 19.2. The van der Waals surface area contributed by atoms with Crippen molar-refractivity contribution in [3.63, 3.8) is 0 Å². The van der Waals surface area contributed by atoms with Crippen LogP contribution in [0.4, 0.5) is 0 Å². The van der Waals surface area contributed by atoms with E-state index in [-0.39, 0.29) is 33.0 Å². The van der Waals surface area contributed by atoms with Crippen molar-refractivity contribution in [2.45, 2.75) is 0 Å². The Balaban J connectivity index is 5.49. The van der Waals surface area contributed by atoms with Gasteiger partial charge in [-0.2, -0.15) is 0 Å². The Labute approximate surface area is 160 Å². The molecule has 0 aliphatic heterocycles. The molecule has 26 heavy (non-hydrogen) atoms. The summed E-state index contributed by atoms with van der Waals surface area (Å²) in [5.74, 6) is 0. The number of hydrogen-bond donors (Lipinski definition) is 0. The summed E-state index contributed by atoms with van der Waals surface area (Å²) in [6.45, 7) is 2.51. The van der Waals surface area contributed by atoms with Crippen LogP contribution in [0.3, 0.4) is 0 Å². The first-order valence-electron chi connectivity index (χ1n) is 8.34. The van der Waals surface area contributed by atoms with Gasteiger partial charge in [0.2, 0.25) is 0 Å². The molecule has 0 amide bonds. The maximum absolute atomic E-state index is 6.01. The Morgan fingerprint density at radius 1 is 0.346 bits per heavy atom. The molecule has 0 saturated heterocycles. The van der Waals surface area contributed by atoms with E-state index in [0.717, 1.165) is 0 Å². The fourth-order valence-electron chi connectivity index (χ4n) is 1.72. The number of methoxy groups -OCH3 is 5. The van der Waals surface area contributed by atoms with Gasteiger partial charge in [-0.15, -0.1) is 0 Å². The Morgan fingerprint density at radius 2 is 0.538 bits per heavy atom. The normalized spacial score (nSPS) is 13.7. The summed E-state index contributed by atoms with van der Waals surface area (Å²) in [6.07, 6.45) is 0. The molecule has 0 aliphatic carbocycles. The first-order chi connectivity index (χ1) is 12.6. The molecule has 0 heterocycles. The Hall–Kier alpha value is 0.418. The molecule has 0 bridgehead atoms. The van der Waals surface area contributed by atoms with Crippen molar-refractivity contribution in [1.82, 2.24) is 0 Å². The van der Waals surface area contributed by atoms with E-state index in [4.69, 9.17) is 38.8 Å². The second kappa shape index (κ2) is 16.4. The molecule has 0 aromatic carbocycles. The zero-order valence-electron chi connectivity index (χ0n) is 16.6. The SMILES string of the molecule is COCC[O][Sb]([O]CCOC)([O]CCOC)([O]CCOC)[O]CCOC. The van der Waals surface area contributed by atoms with Crippen LogP contribution in [0.15, 0.2) is 0 Å². The van der Waals surface area contributed by atoms with E-state index in [1.54, 1.807) is 35.5 Å². The van der Waals surface area contributed by atoms with Crippen LogP contribution in [-0.4, -0.2) is 121 Å². The summed E-state index contributed by atoms with van der Waals surface area (Å²) in [7, 11) is 7.85. The van der Waals surface area contributed by atoms with Gasteiger partial charge in [0.25, 0.3) is 0 Å². The van der Waals surface area contributed by atoms with Gasteiger partial charge in [0.1, 0.15) is 0 Å². The Morgan fingerprint density at radius 3 is 0.692 bits per heavy atom. The summed E-state index contributed by atoms with van der Waals surface area (Å²) in [5.41, 5.74) is 0. The number of hydrogen-bond acceptors (Lipinski definition) is 10. The van der Waals surface area contributed by atoms with Crippen LogP contribution in [0.2, 0.25) is 0 Å². The summed E-state index contributed by atoms with van der Waals surface area (Å²) >= 11 is -5.41. The first kappa shape index (κ1) is 26.4. The molecular formula is C15H35O10Sb. The quantitative estimate of drug-likeness (QED) is 0.172. The van der Waals surface area contributed by atoms with E-state index in [1.165, 1.54) is 0 Å². The van der Waals surface area contributed by atoms with Gasteiger partial charge in [0.15, 0.2) is 0 Å². The predicted molar refractivity (Wildman–Crippen MR) is 94.9 cm³/mol. The summed E-state index contributed by atoms with van der Waals surface area (Å²) in [6, 6.07) is 0. The van der Waals surface area contributed by atoms with Gasteiger partial charge in [-0.25, -0.2) is 0 Å². The van der Waals surface area contributed by atoms with Crippen LogP contribution < -0.4 is 0 Å². The van der Waals surface area contributed by atoms with Crippen LogP contribution >= 0.6 is 0 Å². The second-order valence-electron chi connectivity index (χ2n) is 4.88. The van der Waals surface area contributed by atoms with Crippen molar-refractivity contribution in [2.75, 3.05) is 102 Å². The molecule has 10 nitrogen and oxygen atoms in total. The van der Waals surface area contributed by atoms with Crippen molar-refractivity contribution >= 4 is 19.5 Å². The van der Waals surface area contributed by atoms with Crippen LogP contribution in [0.1, 0.15) is 0 Å². The van der Waals surface area contributed by atoms with E-state index in [0.29, 0.717) is 33.0 Å². The van der Waals surface area contributed by atoms with Crippen molar-refractivity contribution in [1.29, 1.82) is 0 Å². The van der Waals surface area contributed by atoms with Gasteiger partial charge in [-0.1, -0.05) is 0 Å². The average Bonchev–Trinajstić information content (AvgIpc) is 2.63. The van der Waals surface area contributed by atoms with Gasteiger partial charge in [-0.05, 0) is 0 Å². The van der Waals surface area contributed by atoms with E-state index in [1.807, 2.05) is 0 Å². The summed E-state index contributed by atoms with van der Waals surface area (Å²) < 4.78 is 55.4. The van der Waals surface area contributed by atoms with Gasteiger partial charge in [0, 0.05) is 0 Å². The van der Waals surface area contributed by atoms with E-state index in [2.05, 4.69) is 0 Å². The first-order valence-corrected chi connectivity index (χ1v) is 13.6. The Kier molecular flexibility index (Phi) is 16.6. The Bertz CT molecular complexity index is 245. The fraction of sp³-hybridized carbons (Fsp3) is 1.00. The number of rotatable bonds is 20. The summed E-state index contributed by atoms with van der Waals surface area (Å²) in [4.78, 5) is 0. The summed E-state index contributed by atoms with van der Waals surface area (Å²) in [5, 5.41) is 0. The van der Waals surface area contributed by atoms with Crippen molar-refractivity contribution in [3.8, 4) is 0 Å². The van der Waals surface area contributed by atoms with Gasteiger partial charge < -0.3 is 0 Å². The molecule has 0 saturated carbocycles. The topological polar surface area (TPSA) is 92.3 Å². The van der Waals surface area contributed by atoms with E-state index < -0.39 is 19.5 Å². The second-order valence-corrected chi connectivity index (χ2v) is 12.8. The molecular weight excluding hydrogens is 462 g/mol. The van der Waals surface area contributed by atoms with Crippen LogP contribution in [-0.2, 0) is 38.8 Å². The molecule has 0 unspecified atom stereocenters. The molecule has 0 N–H and O–H groups in total. The van der Waals surface area contributed by atoms with Crippen molar-refractivity contribution in [3.05, 3.63) is 0 Å². The minimum absolute atomic E-state index is 0.179. The van der Waals surface area contributed by atoms with Crippen LogP contribution in [0, 0.1) is 0 Å². The van der Waals surface area contributed by atoms with Gasteiger partial charge in [-0.3, -0.25) is 0 Å². The van der Waals surface area contributed by atoms with E-state index >= 15 is 0 Å². The molecule has 0 fully saturated rings. The molecule has 11 heteroatoms. The molecule has 160 valence electrons. The van der Waals surface area contributed by atoms with Crippen LogP contribution in [0.5, 0.6) is 0 Å². The van der Waals surface area contributed by atoms with Crippen molar-refractivity contribution in [2.24, 2.45) is 0 Å². The molecule has 0 radical (unpaired) electrons. The van der Waals surface area contributed by atoms with Gasteiger partial charge in [0.05, 0.1) is 0 Å². The molecule has 0 aromatic heterocycles. The van der Waals surface area contributed by atoms with E-state index in [9.17, 15) is 0 Å². The molecule has 0 aliphatic rings. The third-order valence-electron chi connectivity index (χ3n) is 2.95. The molecule has 0 aromatic rings. The molecule has 0 rings (SSSR count).